The van der Waals surface area contributed by atoms with E-state index in [4.69, 9.17) is 15.2 Å². The molecule has 1 saturated heterocycles. The molecule has 0 aromatic heterocycles. The molecule has 1 aliphatic heterocycles. The summed E-state index contributed by atoms with van der Waals surface area (Å²) in [5, 5.41) is 3.24. The van der Waals surface area contributed by atoms with Gasteiger partial charge in [-0.2, -0.15) is 0 Å². The van der Waals surface area contributed by atoms with Crippen molar-refractivity contribution >= 4 is 29.9 Å². The van der Waals surface area contributed by atoms with E-state index in [-0.39, 0.29) is 24.0 Å². The Morgan fingerprint density at radius 3 is 2.43 bits per heavy atom. The summed E-state index contributed by atoms with van der Waals surface area (Å²) in [5.74, 6) is 0.802. The van der Waals surface area contributed by atoms with E-state index in [1.807, 2.05) is 6.92 Å². The van der Waals surface area contributed by atoms with Crippen LogP contribution in [0.1, 0.15) is 53.4 Å². The third-order valence-corrected chi connectivity index (χ3v) is 3.56. The average Bonchev–Trinajstić information content (AvgIpc) is 2.75. The summed E-state index contributed by atoms with van der Waals surface area (Å²) in [5.41, 5.74) is 5.89. The van der Waals surface area contributed by atoms with Crippen LogP contribution in [0.5, 0.6) is 0 Å². The van der Waals surface area contributed by atoms with E-state index in [1.54, 1.807) is 0 Å². The van der Waals surface area contributed by atoms with Crippen LogP contribution in [0.25, 0.3) is 0 Å². The second kappa shape index (κ2) is 10.6. The molecule has 0 radical (unpaired) electrons. The van der Waals surface area contributed by atoms with Crippen molar-refractivity contribution in [2.75, 3.05) is 19.8 Å². The predicted molar refractivity (Wildman–Crippen MR) is 98.1 cm³/mol. The van der Waals surface area contributed by atoms with Crippen LogP contribution in [0.15, 0.2) is 4.99 Å². The topological polar surface area (TPSA) is 68.9 Å². The Morgan fingerprint density at radius 2 is 1.86 bits per heavy atom. The zero-order valence-corrected chi connectivity index (χ0v) is 16.2. The third kappa shape index (κ3) is 9.52. The Labute approximate surface area is 146 Å². The van der Waals surface area contributed by atoms with Crippen molar-refractivity contribution in [2.45, 2.75) is 65.2 Å². The van der Waals surface area contributed by atoms with Crippen LogP contribution < -0.4 is 11.1 Å². The SMILES string of the molecule is CC(C)CCCC(C)NC(N)=NCCC1(C)OCCO1.I. The lowest BCUT2D eigenvalue weighted by molar-refractivity contribution is -0.144. The number of nitrogens with zero attached hydrogens (tertiary/aromatic N) is 1. The minimum absolute atomic E-state index is 0. The molecule has 3 N–H and O–H groups in total. The molecule has 0 saturated carbocycles. The van der Waals surface area contributed by atoms with Crippen molar-refractivity contribution in [3.8, 4) is 0 Å². The first-order valence-corrected chi connectivity index (χ1v) is 7.75. The second-order valence-electron chi connectivity index (χ2n) is 6.22. The van der Waals surface area contributed by atoms with Crippen LogP contribution in [-0.2, 0) is 9.47 Å². The van der Waals surface area contributed by atoms with Gasteiger partial charge in [0.25, 0.3) is 0 Å². The molecule has 0 spiro atoms. The lowest BCUT2D eigenvalue weighted by Crippen LogP contribution is -2.39. The number of hydrogen-bond acceptors (Lipinski definition) is 3. The number of nitrogens with one attached hydrogen (secondary N) is 1. The van der Waals surface area contributed by atoms with E-state index < -0.39 is 5.79 Å². The zero-order valence-electron chi connectivity index (χ0n) is 13.9. The fourth-order valence-electron chi connectivity index (χ4n) is 2.28. The van der Waals surface area contributed by atoms with Gasteiger partial charge in [0.05, 0.1) is 13.2 Å². The first kappa shape index (κ1) is 20.9. The van der Waals surface area contributed by atoms with E-state index in [0.717, 1.165) is 18.8 Å². The molecule has 21 heavy (non-hydrogen) atoms. The molecule has 1 heterocycles. The molecule has 5 nitrogen and oxygen atoms in total. The molecule has 0 aromatic rings. The molecule has 0 aromatic carbocycles. The fourth-order valence-corrected chi connectivity index (χ4v) is 2.28. The lowest BCUT2D eigenvalue weighted by atomic mass is 10.0. The highest BCUT2D eigenvalue weighted by molar-refractivity contribution is 14.0. The van der Waals surface area contributed by atoms with Crippen LogP contribution in [0.2, 0.25) is 0 Å². The predicted octanol–water partition coefficient (Wildman–Crippen LogP) is 2.88. The van der Waals surface area contributed by atoms with Gasteiger partial charge in [-0.25, -0.2) is 0 Å². The summed E-state index contributed by atoms with van der Waals surface area (Å²) in [7, 11) is 0. The number of halogens is 1. The van der Waals surface area contributed by atoms with Gasteiger partial charge in [0.1, 0.15) is 0 Å². The zero-order chi connectivity index (χ0) is 15.0. The summed E-state index contributed by atoms with van der Waals surface area (Å²) in [6.45, 7) is 10.6. The highest BCUT2D eigenvalue weighted by Crippen LogP contribution is 2.22. The normalized spacial score (nSPS) is 19.4. The summed E-state index contributed by atoms with van der Waals surface area (Å²) in [6.07, 6.45) is 4.34. The Hall–Kier alpha value is -0.0800. The van der Waals surface area contributed by atoms with Crippen molar-refractivity contribution in [1.82, 2.24) is 5.32 Å². The highest BCUT2D eigenvalue weighted by Gasteiger charge is 2.30. The standard InChI is InChI=1S/C15H31N3O2.HI/c1-12(2)6-5-7-13(3)18-14(16)17-9-8-15(4)19-10-11-20-15;/h12-13H,5-11H2,1-4H3,(H3,16,17,18);1H. The van der Waals surface area contributed by atoms with Gasteiger partial charge in [0.15, 0.2) is 11.7 Å². The molecule has 1 aliphatic rings. The van der Waals surface area contributed by atoms with Crippen LogP contribution in [0.4, 0.5) is 0 Å². The summed E-state index contributed by atoms with van der Waals surface area (Å²) in [4.78, 5) is 4.34. The molecule has 1 unspecified atom stereocenters. The first-order chi connectivity index (χ1) is 9.41. The maximum Gasteiger partial charge on any atom is 0.188 e. The Bertz CT molecular complexity index is 305. The number of aliphatic imine (C=N–C) groups is 1. The minimum Gasteiger partial charge on any atom is -0.370 e. The van der Waals surface area contributed by atoms with Gasteiger partial charge in [0.2, 0.25) is 0 Å². The van der Waals surface area contributed by atoms with E-state index >= 15 is 0 Å². The summed E-state index contributed by atoms with van der Waals surface area (Å²) < 4.78 is 11.1. The third-order valence-electron chi connectivity index (χ3n) is 3.56. The number of rotatable bonds is 8. The number of hydrogen-bond donors (Lipinski definition) is 2. The van der Waals surface area contributed by atoms with Gasteiger partial charge in [-0.05, 0) is 26.2 Å². The maximum atomic E-state index is 5.89. The molecule has 6 heteroatoms. The number of ether oxygens (including phenoxy) is 2. The van der Waals surface area contributed by atoms with Crippen molar-refractivity contribution in [3.05, 3.63) is 0 Å². The summed E-state index contributed by atoms with van der Waals surface area (Å²) >= 11 is 0. The molecule has 1 atom stereocenters. The van der Waals surface area contributed by atoms with Crippen LogP contribution >= 0.6 is 24.0 Å². The fraction of sp³-hybridized carbons (Fsp3) is 0.933. The molecular formula is C15H32IN3O2. The molecular weight excluding hydrogens is 381 g/mol. The van der Waals surface area contributed by atoms with Crippen LogP contribution in [0, 0.1) is 5.92 Å². The monoisotopic (exact) mass is 413 g/mol. The largest absolute Gasteiger partial charge is 0.370 e. The summed E-state index contributed by atoms with van der Waals surface area (Å²) in [6, 6.07) is 0.368. The van der Waals surface area contributed by atoms with Crippen molar-refractivity contribution in [3.63, 3.8) is 0 Å². The number of nitrogens with two attached hydrogens (primary N) is 1. The van der Waals surface area contributed by atoms with Crippen LogP contribution in [0.3, 0.4) is 0 Å². The van der Waals surface area contributed by atoms with Gasteiger partial charge < -0.3 is 20.5 Å². The van der Waals surface area contributed by atoms with Gasteiger partial charge in [-0.1, -0.05) is 26.7 Å². The molecule has 0 aliphatic carbocycles. The second-order valence-corrected chi connectivity index (χ2v) is 6.22. The van der Waals surface area contributed by atoms with Gasteiger partial charge in [0, 0.05) is 19.0 Å². The van der Waals surface area contributed by atoms with Gasteiger partial charge in [-0.3, -0.25) is 4.99 Å². The minimum atomic E-state index is -0.480. The van der Waals surface area contributed by atoms with E-state index in [2.05, 4.69) is 31.1 Å². The maximum absolute atomic E-state index is 5.89. The van der Waals surface area contributed by atoms with Crippen molar-refractivity contribution < 1.29 is 9.47 Å². The molecule has 126 valence electrons. The lowest BCUT2D eigenvalue weighted by Gasteiger charge is -2.21. The Morgan fingerprint density at radius 1 is 1.24 bits per heavy atom. The quantitative estimate of drug-likeness (QED) is 0.365. The van der Waals surface area contributed by atoms with E-state index in [1.165, 1.54) is 12.8 Å². The first-order valence-electron chi connectivity index (χ1n) is 7.75. The smallest absolute Gasteiger partial charge is 0.188 e. The van der Waals surface area contributed by atoms with E-state index in [9.17, 15) is 0 Å². The molecule has 0 bridgehead atoms. The highest BCUT2D eigenvalue weighted by atomic mass is 127. The van der Waals surface area contributed by atoms with Gasteiger partial charge >= 0.3 is 0 Å². The molecule has 0 amide bonds. The average molecular weight is 413 g/mol. The molecule has 1 rings (SSSR count). The molecule has 1 fully saturated rings. The van der Waals surface area contributed by atoms with Crippen molar-refractivity contribution in [2.24, 2.45) is 16.6 Å². The van der Waals surface area contributed by atoms with E-state index in [0.29, 0.717) is 31.8 Å². The van der Waals surface area contributed by atoms with Crippen molar-refractivity contribution in [1.29, 1.82) is 0 Å². The van der Waals surface area contributed by atoms with Gasteiger partial charge in [-0.15, -0.1) is 24.0 Å². The number of guanidine groups is 1. The van der Waals surface area contributed by atoms with Crippen LogP contribution in [-0.4, -0.2) is 37.5 Å². The Kier molecular flexibility index (Phi) is 10.6. The Balaban J connectivity index is 0.00000400.